The molecule has 0 fully saturated rings. The van der Waals surface area contributed by atoms with Gasteiger partial charge >= 0.3 is 0 Å². The van der Waals surface area contributed by atoms with Gasteiger partial charge in [-0.1, -0.05) is 42.0 Å². The van der Waals surface area contributed by atoms with Crippen LogP contribution in [0.4, 0.5) is 0 Å². The third-order valence-corrected chi connectivity index (χ3v) is 4.13. The Bertz CT molecular complexity index is 656. The quantitative estimate of drug-likeness (QED) is 0.791. The van der Waals surface area contributed by atoms with Gasteiger partial charge in [0.15, 0.2) is 0 Å². The normalized spacial score (nSPS) is 12.6. The first-order chi connectivity index (χ1) is 11.5. The molecule has 0 radical (unpaired) electrons. The van der Waals surface area contributed by atoms with E-state index in [2.05, 4.69) is 5.32 Å². The van der Waals surface area contributed by atoms with Gasteiger partial charge in [0.25, 0.3) is 0 Å². The Morgan fingerprint density at radius 3 is 2.28 bits per heavy atom. The van der Waals surface area contributed by atoms with Crippen LogP contribution >= 0.6 is 12.4 Å². The number of carbonyl (C=O) groups is 1. The number of methoxy groups -OCH3 is 1. The molecular formula is C20H27ClN2O2. The second-order valence-corrected chi connectivity index (χ2v) is 6.18. The van der Waals surface area contributed by atoms with Crippen LogP contribution in [0.2, 0.25) is 0 Å². The van der Waals surface area contributed by atoms with Gasteiger partial charge in [0.2, 0.25) is 5.91 Å². The second-order valence-electron chi connectivity index (χ2n) is 6.18. The molecule has 2 unspecified atom stereocenters. The number of nitrogens with two attached hydrogens (primary N) is 1. The van der Waals surface area contributed by atoms with Crippen molar-refractivity contribution >= 4 is 18.3 Å². The molecule has 0 aliphatic carbocycles. The van der Waals surface area contributed by atoms with Crippen molar-refractivity contribution in [1.29, 1.82) is 0 Å². The number of nitrogens with one attached hydrogen (secondary N) is 1. The van der Waals surface area contributed by atoms with Crippen molar-refractivity contribution < 1.29 is 9.53 Å². The van der Waals surface area contributed by atoms with E-state index in [9.17, 15) is 4.79 Å². The van der Waals surface area contributed by atoms with Crippen molar-refractivity contribution in [2.24, 2.45) is 5.73 Å². The Kier molecular flexibility index (Phi) is 8.46. The number of hydrogen-bond acceptors (Lipinski definition) is 3. The highest BCUT2D eigenvalue weighted by atomic mass is 35.5. The largest absolute Gasteiger partial charge is 0.497 e. The first-order valence-electron chi connectivity index (χ1n) is 8.25. The molecule has 0 aliphatic heterocycles. The van der Waals surface area contributed by atoms with E-state index in [4.69, 9.17) is 10.5 Å². The van der Waals surface area contributed by atoms with Crippen LogP contribution in [0.15, 0.2) is 48.5 Å². The van der Waals surface area contributed by atoms with E-state index in [1.165, 1.54) is 5.56 Å². The molecule has 0 bridgehead atoms. The lowest BCUT2D eigenvalue weighted by atomic mass is 10.0. The Morgan fingerprint density at radius 1 is 1.12 bits per heavy atom. The van der Waals surface area contributed by atoms with Crippen molar-refractivity contribution in [1.82, 2.24) is 5.32 Å². The molecule has 0 spiro atoms. The van der Waals surface area contributed by atoms with Gasteiger partial charge in [-0.3, -0.25) is 4.79 Å². The Balaban J connectivity index is 0.00000312. The summed E-state index contributed by atoms with van der Waals surface area (Å²) in [5, 5.41) is 3.00. The maximum atomic E-state index is 12.3. The topological polar surface area (TPSA) is 64.3 Å². The predicted molar refractivity (Wildman–Crippen MR) is 104 cm³/mol. The van der Waals surface area contributed by atoms with Crippen LogP contribution in [0.5, 0.6) is 5.75 Å². The van der Waals surface area contributed by atoms with Crippen molar-refractivity contribution in [2.75, 3.05) is 7.11 Å². The van der Waals surface area contributed by atoms with E-state index in [0.717, 1.165) is 29.7 Å². The van der Waals surface area contributed by atoms with Crippen LogP contribution in [0.1, 0.15) is 36.1 Å². The van der Waals surface area contributed by atoms with Gasteiger partial charge in [-0.2, -0.15) is 0 Å². The average Bonchev–Trinajstić information content (AvgIpc) is 2.60. The monoisotopic (exact) mass is 362 g/mol. The van der Waals surface area contributed by atoms with Gasteiger partial charge < -0.3 is 15.8 Å². The van der Waals surface area contributed by atoms with Crippen molar-refractivity contribution in [2.45, 2.75) is 38.8 Å². The van der Waals surface area contributed by atoms with Crippen LogP contribution in [-0.4, -0.2) is 19.1 Å². The lowest BCUT2D eigenvalue weighted by Gasteiger charge is -2.18. The van der Waals surface area contributed by atoms with E-state index in [-0.39, 0.29) is 24.4 Å². The highest BCUT2D eigenvalue weighted by molar-refractivity contribution is 5.85. The molecule has 136 valence electrons. The fraction of sp³-hybridized carbons (Fsp3) is 0.350. The molecule has 2 aromatic carbocycles. The van der Waals surface area contributed by atoms with Crippen LogP contribution in [0, 0.1) is 6.92 Å². The molecule has 3 N–H and O–H groups in total. The summed E-state index contributed by atoms with van der Waals surface area (Å²) < 4.78 is 5.15. The number of ether oxygens (including phenoxy) is 1. The highest BCUT2D eigenvalue weighted by Crippen LogP contribution is 2.14. The first kappa shape index (κ1) is 21.0. The number of amides is 1. The SMILES string of the molecule is COc1ccc(CCC(C)NC(=O)C(N)c2ccc(C)cc2)cc1.Cl. The van der Waals surface area contributed by atoms with Gasteiger partial charge in [-0.05, 0) is 49.9 Å². The summed E-state index contributed by atoms with van der Waals surface area (Å²) in [6.07, 6.45) is 1.75. The molecule has 0 aliphatic rings. The summed E-state index contributed by atoms with van der Waals surface area (Å²) in [7, 11) is 1.66. The Hall–Kier alpha value is -2.04. The van der Waals surface area contributed by atoms with Crippen LogP contribution in [-0.2, 0) is 11.2 Å². The molecule has 0 aromatic heterocycles. The summed E-state index contributed by atoms with van der Waals surface area (Å²) in [6, 6.07) is 15.2. The molecule has 2 aromatic rings. The minimum Gasteiger partial charge on any atom is -0.497 e. The predicted octanol–water partition coefficient (Wildman–Crippen LogP) is 3.56. The summed E-state index contributed by atoms with van der Waals surface area (Å²) in [5.41, 5.74) is 9.26. The minimum atomic E-state index is -0.631. The summed E-state index contributed by atoms with van der Waals surface area (Å²) >= 11 is 0. The molecule has 4 nitrogen and oxygen atoms in total. The molecule has 5 heteroatoms. The summed E-state index contributed by atoms with van der Waals surface area (Å²) in [6.45, 7) is 4.01. The molecule has 25 heavy (non-hydrogen) atoms. The smallest absolute Gasteiger partial charge is 0.241 e. The van der Waals surface area contributed by atoms with Crippen molar-refractivity contribution in [3.05, 3.63) is 65.2 Å². The van der Waals surface area contributed by atoms with E-state index >= 15 is 0 Å². The minimum absolute atomic E-state index is 0. The van der Waals surface area contributed by atoms with Gasteiger partial charge in [0.05, 0.1) is 7.11 Å². The average molecular weight is 363 g/mol. The molecule has 1 amide bonds. The zero-order chi connectivity index (χ0) is 17.5. The number of hydrogen-bond donors (Lipinski definition) is 2. The van der Waals surface area contributed by atoms with E-state index < -0.39 is 6.04 Å². The van der Waals surface area contributed by atoms with Crippen LogP contribution < -0.4 is 15.8 Å². The molecule has 2 rings (SSSR count). The van der Waals surface area contributed by atoms with E-state index in [1.807, 2.05) is 62.4 Å². The van der Waals surface area contributed by atoms with Gasteiger partial charge in [-0.15, -0.1) is 12.4 Å². The Morgan fingerprint density at radius 2 is 1.72 bits per heavy atom. The maximum absolute atomic E-state index is 12.3. The fourth-order valence-electron chi connectivity index (χ4n) is 2.51. The maximum Gasteiger partial charge on any atom is 0.241 e. The number of aryl methyl sites for hydroxylation is 2. The highest BCUT2D eigenvalue weighted by Gasteiger charge is 2.17. The molecule has 0 saturated carbocycles. The van der Waals surface area contributed by atoms with Crippen molar-refractivity contribution in [3.63, 3.8) is 0 Å². The summed E-state index contributed by atoms with van der Waals surface area (Å²) in [5.74, 6) is 0.713. The molecule has 2 atom stereocenters. The molecule has 0 saturated heterocycles. The second kappa shape index (κ2) is 10.1. The number of carbonyl (C=O) groups excluding carboxylic acids is 1. The summed E-state index contributed by atoms with van der Waals surface area (Å²) in [4.78, 5) is 12.3. The number of benzene rings is 2. The number of rotatable bonds is 7. The fourth-order valence-corrected chi connectivity index (χ4v) is 2.51. The lowest BCUT2D eigenvalue weighted by molar-refractivity contribution is -0.123. The molecular weight excluding hydrogens is 336 g/mol. The zero-order valence-corrected chi connectivity index (χ0v) is 15.8. The van der Waals surface area contributed by atoms with E-state index in [1.54, 1.807) is 7.11 Å². The van der Waals surface area contributed by atoms with Gasteiger partial charge in [0.1, 0.15) is 11.8 Å². The van der Waals surface area contributed by atoms with Crippen molar-refractivity contribution in [3.8, 4) is 5.75 Å². The van der Waals surface area contributed by atoms with Crippen LogP contribution in [0.25, 0.3) is 0 Å². The third-order valence-electron chi connectivity index (χ3n) is 4.13. The first-order valence-corrected chi connectivity index (χ1v) is 8.25. The lowest BCUT2D eigenvalue weighted by Crippen LogP contribution is -2.39. The third kappa shape index (κ3) is 6.40. The van der Waals surface area contributed by atoms with E-state index in [0.29, 0.717) is 0 Å². The van der Waals surface area contributed by atoms with Crippen LogP contribution in [0.3, 0.4) is 0 Å². The standard InChI is InChI=1S/C20H26N2O2.ClH/c1-14-4-10-17(11-5-14)19(21)20(23)22-15(2)6-7-16-8-12-18(24-3)13-9-16;/h4-5,8-13,15,19H,6-7,21H2,1-3H3,(H,22,23);1H. The van der Waals surface area contributed by atoms with Gasteiger partial charge in [-0.25, -0.2) is 0 Å². The Labute approximate surface area is 156 Å². The van der Waals surface area contributed by atoms with Gasteiger partial charge in [0, 0.05) is 6.04 Å². The molecule has 0 heterocycles. The number of halogens is 1. The zero-order valence-electron chi connectivity index (χ0n) is 15.0.